The molecule has 8 heteroatoms. The monoisotopic (exact) mass is 433 g/mol. The van der Waals surface area contributed by atoms with Crippen LogP contribution in [0.4, 0.5) is 5.69 Å². The molecule has 0 saturated heterocycles. The van der Waals surface area contributed by atoms with Crippen LogP contribution in [0.25, 0.3) is 11.4 Å². The van der Waals surface area contributed by atoms with Crippen LogP contribution in [0.3, 0.4) is 0 Å². The Hall–Kier alpha value is -2.06. The fourth-order valence-electron chi connectivity index (χ4n) is 3.17. The maximum Gasteiger partial charge on any atom is 0.233 e. The number of carbonyl (C=O) groups is 1. The molecule has 0 bridgehead atoms. The highest BCUT2D eigenvalue weighted by atomic mass is 32.2. The van der Waals surface area contributed by atoms with E-state index in [1.54, 1.807) is 0 Å². The third-order valence-corrected chi connectivity index (χ3v) is 5.99. The Balaban J connectivity index is 2.04. The standard InChI is InChI=1S/C22H35N5O2S/c1-6-26(7-2)19-13-11-18(12-14-19)20-24-25-22(27(20)8-3)30-17(5)21(28)23-15-10-16-29-9-4/h11-14,17H,6-10,15-16H2,1-5H3,(H,23,28). The van der Waals surface area contributed by atoms with Gasteiger partial charge in [0.05, 0.1) is 5.25 Å². The number of hydrogen-bond acceptors (Lipinski definition) is 6. The van der Waals surface area contributed by atoms with Crippen molar-refractivity contribution in [1.82, 2.24) is 20.1 Å². The largest absolute Gasteiger partial charge is 0.382 e. The van der Waals surface area contributed by atoms with E-state index in [9.17, 15) is 4.79 Å². The van der Waals surface area contributed by atoms with Crippen molar-refractivity contribution < 1.29 is 9.53 Å². The summed E-state index contributed by atoms with van der Waals surface area (Å²) in [5, 5.41) is 12.3. The molecule has 1 aromatic carbocycles. The number of ether oxygens (including phenoxy) is 1. The lowest BCUT2D eigenvalue weighted by atomic mass is 10.2. The minimum absolute atomic E-state index is 0.00674. The molecule has 1 aromatic heterocycles. The summed E-state index contributed by atoms with van der Waals surface area (Å²) >= 11 is 1.44. The first-order valence-corrected chi connectivity index (χ1v) is 11.7. The van der Waals surface area contributed by atoms with Gasteiger partial charge in [-0.05, 0) is 65.3 Å². The zero-order valence-corrected chi connectivity index (χ0v) is 19.7. The number of nitrogens with zero attached hydrogens (tertiary/aromatic N) is 4. The number of nitrogens with one attached hydrogen (secondary N) is 1. The normalized spacial score (nSPS) is 12.0. The van der Waals surface area contributed by atoms with Gasteiger partial charge < -0.3 is 19.5 Å². The van der Waals surface area contributed by atoms with Crippen molar-refractivity contribution in [1.29, 1.82) is 0 Å². The van der Waals surface area contributed by atoms with E-state index in [1.807, 2.05) is 13.8 Å². The van der Waals surface area contributed by atoms with E-state index in [4.69, 9.17) is 4.74 Å². The first kappa shape index (κ1) is 24.2. The minimum atomic E-state index is -0.246. The van der Waals surface area contributed by atoms with Crippen LogP contribution in [0.1, 0.15) is 41.0 Å². The van der Waals surface area contributed by atoms with Gasteiger partial charge >= 0.3 is 0 Å². The first-order valence-electron chi connectivity index (χ1n) is 10.9. The molecule has 1 amide bonds. The van der Waals surface area contributed by atoms with Crippen molar-refractivity contribution in [2.45, 2.75) is 58.0 Å². The van der Waals surface area contributed by atoms with Gasteiger partial charge in [0.2, 0.25) is 5.91 Å². The zero-order chi connectivity index (χ0) is 21.9. The number of anilines is 1. The molecule has 0 radical (unpaired) electrons. The van der Waals surface area contributed by atoms with Gasteiger partial charge in [-0.25, -0.2) is 0 Å². The molecular weight excluding hydrogens is 398 g/mol. The van der Waals surface area contributed by atoms with Gasteiger partial charge in [-0.1, -0.05) is 11.8 Å². The van der Waals surface area contributed by atoms with Crippen LogP contribution in [0.5, 0.6) is 0 Å². The summed E-state index contributed by atoms with van der Waals surface area (Å²) in [4.78, 5) is 14.7. The average molecular weight is 434 g/mol. The Bertz CT molecular complexity index is 774. The predicted molar refractivity (Wildman–Crippen MR) is 124 cm³/mol. The Kier molecular flexibility index (Phi) is 10.2. The zero-order valence-electron chi connectivity index (χ0n) is 18.9. The van der Waals surface area contributed by atoms with Crippen LogP contribution in [-0.4, -0.2) is 58.8 Å². The van der Waals surface area contributed by atoms with Crippen molar-refractivity contribution in [3.63, 3.8) is 0 Å². The highest BCUT2D eigenvalue weighted by Crippen LogP contribution is 2.28. The molecule has 7 nitrogen and oxygen atoms in total. The lowest BCUT2D eigenvalue weighted by Gasteiger charge is -2.21. The van der Waals surface area contributed by atoms with E-state index in [2.05, 4.69) is 70.0 Å². The summed E-state index contributed by atoms with van der Waals surface area (Å²) in [6, 6.07) is 8.43. The van der Waals surface area contributed by atoms with Crippen molar-refractivity contribution in [3.05, 3.63) is 24.3 Å². The van der Waals surface area contributed by atoms with E-state index in [1.165, 1.54) is 17.4 Å². The lowest BCUT2D eigenvalue weighted by molar-refractivity contribution is -0.120. The number of benzene rings is 1. The summed E-state index contributed by atoms with van der Waals surface area (Å²) in [6.07, 6.45) is 0.815. The van der Waals surface area contributed by atoms with Gasteiger partial charge in [-0.3, -0.25) is 4.79 Å². The number of hydrogen-bond donors (Lipinski definition) is 1. The Morgan fingerprint density at radius 3 is 2.47 bits per heavy atom. The number of aromatic nitrogens is 3. The number of carbonyl (C=O) groups excluding carboxylic acids is 1. The van der Waals surface area contributed by atoms with Gasteiger partial charge in [0.1, 0.15) is 0 Å². The van der Waals surface area contributed by atoms with Gasteiger partial charge in [0.25, 0.3) is 0 Å². The second-order valence-electron chi connectivity index (χ2n) is 6.87. The summed E-state index contributed by atoms with van der Waals surface area (Å²) in [5.41, 5.74) is 2.23. The number of rotatable bonds is 13. The molecule has 0 aliphatic heterocycles. The molecule has 0 fully saturated rings. The Morgan fingerprint density at radius 2 is 1.87 bits per heavy atom. The SMILES string of the molecule is CCOCCCNC(=O)C(C)Sc1nnc(-c2ccc(N(CC)CC)cc2)n1CC. The molecule has 166 valence electrons. The molecule has 0 saturated carbocycles. The van der Waals surface area contributed by atoms with E-state index in [-0.39, 0.29) is 11.2 Å². The summed E-state index contributed by atoms with van der Waals surface area (Å²) in [5.74, 6) is 0.836. The van der Waals surface area contributed by atoms with Crippen LogP contribution < -0.4 is 10.2 Å². The topological polar surface area (TPSA) is 72.3 Å². The second-order valence-corrected chi connectivity index (χ2v) is 8.18. The highest BCUT2D eigenvalue weighted by molar-refractivity contribution is 8.00. The van der Waals surface area contributed by atoms with E-state index in [0.717, 1.165) is 42.6 Å². The molecule has 0 aliphatic rings. The third-order valence-electron chi connectivity index (χ3n) is 4.91. The molecular formula is C22H35N5O2S. The third kappa shape index (κ3) is 6.47. The molecule has 1 heterocycles. The fraction of sp³-hybridized carbons (Fsp3) is 0.591. The second kappa shape index (κ2) is 12.6. The van der Waals surface area contributed by atoms with Crippen LogP contribution in [0.2, 0.25) is 0 Å². The molecule has 1 atom stereocenters. The van der Waals surface area contributed by atoms with E-state index >= 15 is 0 Å². The maximum absolute atomic E-state index is 12.4. The Labute approximate surface area is 184 Å². The first-order chi connectivity index (χ1) is 14.5. The molecule has 2 rings (SSSR count). The summed E-state index contributed by atoms with van der Waals surface area (Å²) in [7, 11) is 0. The van der Waals surface area contributed by atoms with Crippen LogP contribution >= 0.6 is 11.8 Å². The molecule has 1 unspecified atom stereocenters. The Morgan fingerprint density at radius 1 is 1.17 bits per heavy atom. The summed E-state index contributed by atoms with van der Waals surface area (Å²) < 4.78 is 7.36. The van der Waals surface area contributed by atoms with E-state index in [0.29, 0.717) is 19.8 Å². The van der Waals surface area contributed by atoms with E-state index < -0.39 is 0 Å². The molecule has 0 aliphatic carbocycles. The van der Waals surface area contributed by atoms with Crippen LogP contribution in [0.15, 0.2) is 29.4 Å². The molecule has 30 heavy (non-hydrogen) atoms. The minimum Gasteiger partial charge on any atom is -0.382 e. The fourth-order valence-corrected chi connectivity index (χ4v) is 4.11. The van der Waals surface area contributed by atoms with Gasteiger partial charge in [-0.2, -0.15) is 0 Å². The predicted octanol–water partition coefficient (Wildman–Crippen LogP) is 3.83. The van der Waals surface area contributed by atoms with Crippen LogP contribution in [0, 0.1) is 0 Å². The quantitative estimate of drug-likeness (QED) is 0.382. The van der Waals surface area contributed by atoms with Crippen molar-refractivity contribution >= 4 is 23.4 Å². The average Bonchev–Trinajstić information content (AvgIpc) is 3.17. The molecule has 1 N–H and O–H groups in total. The smallest absolute Gasteiger partial charge is 0.233 e. The summed E-state index contributed by atoms with van der Waals surface area (Å²) in [6.45, 7) is 14.9. The lowest BCUT2D eigenvalue weighted by Crippen LogP contribution is -2.32. The molecule has 0 spiro atoms. The van der Waals surface area contributed by atoms with Gasteiger partial charge in [0.15, 0.2) is 11.0 Å². The van der Waals surface area contributed by atoms with Gasteiger partial charge in [-0.15, -0.1) is 10.2 Å². The van der Waals surface area contributed by atoms with Crippen LogP contribution in [-0.2, 0) is 16.1 Å². The van der Waals surface area contributed by atoms with Crippen molar-refractivity contribution in [2.24, 2.45) is 0 Å². The van der Waals surface area contributed by atoms with Gasteiger partial charge in [0, 0.05) is 50.6 Å². The highest BCUT2D eigenvalue weighted by Gasteiger charge is 2.20. The van der Waals surface area contributed by atoms with Crippen molar-refractivity contribution in [2.75, 3.05) is 37.7 Å². The number of amides is 1. The van der Waals surface area contributed by atoms with Crippen molar-refractivity contribution in [3.8, 4) is 11.4 Å². The number of thioether (sulfide) groups is 1. The maximum atomic E-state index is 12.4. The molecule has 2 aromatic rings.